The summed E-state index contributed by atoms with van der Waals surface area (Å²) in [7, 11) is 0. The van der Waals surface area contributed by atoms with Crippen molar-refractivity contribution in [3.05, 3.63) is 77.6 Å². The highest BCUT2D eigenvalue weighted by atomic mass is 19.1. The van der Waals surface area contributed by atoms with Crippen molar-refractivity contribution in [1.29, 1.82) is 0 Å². The molecule has 1 saturated heterocycles. The lowest BCUT2D eigenvalue weighted by Crippen LogP contribution is -2.27. The second kappa shape index (κ2) is 11.2. The van der Waals surface area contributed by atoms with Crippen LogP contribution in [0.25, 0.3) is 33.4 Å². The SMILES string of the molecule is CC(C)CNC(=O)c1ccc(OCC2CCNC2)c(-c2ccc3oc(-c4ccc(F)cc4)c(C=O)c3c2)c1. The second-order valence-electron chi connectivity index (χ2n) is 10.2. The molecule has 5 rings (SSSR count). The first-order valence-electron chi connectivity index (χ1n) is 13.0. The molecular formula is C31H31FN2O4. The molecule has 0 radical (unpaired) electrons. The Morgan fingerprint density at radius 1 is 1.13 bits per heavy atom. The summed E-state index contributed by atoms with van der Waals surface area (Å²) in [5, 5.41) is 6.96. The number of halogens is 1. The molecule has 0 spiro atoms. The third-order valence-corrected chi connectivity index (χ3v) is 6.81. The highest BCUT2D eigenvalue weighted by molar-refractivity contribution is 6.04. The first-order valence-corrected chi connectivity index (χ1v) is 13.0. The summed E-state index contributed by atoms with van der Waals surface area (Å²) in [5.74, 6) is 1.31. The van der Waals surface area contributed by atoms with Gasteiger partial charge in [0.25, 0.3) is 5.91 Å². The first kappa shape index (κ1) is 25.7. The summed E-state index contributed by atoms with van der Waals surface area (Å²) < 4.78 is 25.7. The van der Waals surface area contributed by atoms with Crippen molar-refractivity contribution < 1.29 is 23.1 Å². The van der Waals surface area contributed by atoms with Crippen molar-refractivity contribution in [2.75, 3.05) is 26.2 Å². The van der Waals surface area contributed by atoms with Crippen LogP contribution in [0.5, 0.6) is 5.75 Å². The fourth-order valence-corrected chi connectivity index (χ4v) is 4.70. The number of fused-ring (bicyclic) bond motifs is 1. The number of ether oxygens (including phenoxy) is 1. The molecule has 1 aliphatic heterocycles. The molecule has 7 heteroatoms. The lowest BCUT2D eigenvalue weighted by molar-refractivity contribution is 0.0948. The van der Waals surface area contributed by atoms with Crippen LogP contribution in [0, 0.1) is 17.7 Å². The van der Waals surface area contributed by atoms with Gasteiger partial charge in [0, 0.05) is 41.1 Å². The molecule has 0 saturated carbocycles. The van der Waals surface area contributed by atoms with E-state index in [-0.39, 0.29) is 11.7 Å². The van der Waals surface area contributed by atoms with E-state index >= 15 is 0 Å². The largest absolute Gasteiger partial charge is 0.493 e. The molecule has 2 N–H and O–H groups in total. The first-order chi connectivity index (χ1) is 18.4. The molecule has 196 valence electrons. The van der Waals surface area contributed by atoms with Gasteiger partial charge in [0.1, 0.15) is 22.9 Å². The van der Waals surface area contributed by atoms with E-state index in [0.717, 1.165) is 36.9 Å². The Hall–Kier alpha value is -3.97. The van der Waals surface area contributed by atoms with Crippen molar-refractivity contribution in [2.45, 2.75) is 20.3 Å². The van der Waals surface area contributed by atoms with Gasteiger partial charge in [0.05, 0.1) is 12.2 Å². The average molecular weight is 515 g/mol. The normalized spacial score (nSPS) is 15.2. The van der Waals surface area contributed by atoms with Gasteiger partial charge in [-0.1, -0.05) is 19.9 Å². The van der Waals surface area contributed by atoms with Gasteiger partial charge in [-0.3, -0.25) is 9.59 Å². The average Bonchev–Trinajstić information content (AvgIpc) is 3.58. The molecule has 1 atom stereocenters. The predicted octanol–water partition coefficient (Wildman–Crippen LogP) is 6.09. The fraction of sp³-hybridized carbons (Fsp3) is 0.290. The zero-order chi connectivity index (χ0) is 26.6. The Morgan fingerprint density at radius 3 is 2.63 bits per heavy atom. The summed E-state index contributed by atoms with van der Waals surface area (Å²) in [6.45, 7) is 7.15. The molecule has 1 unspecified atom stereocenters. The molecule has 1 aliphatic rings. The fourth-order valence-electron chi connectivity index (χ4n) is 4.70. The van der Waals surface area contributed by atoms with E-state index in [1.165, 1.54) is 12.1 Å². The minimum absolute atomic E-state index is 0.150. The van der Waals surface area contributed by atoms with Crippen LogP contribution in [0.3, 0.4) is 0 Å². The van der Waals surface area contributed by atoms with Crippen LogP contribution < -0.4 is 15.4 Å². The minimum Gasteiger partial charge on any atom is -0.493 e. The Labute approximate surface area is 221 Å². The number of benzene rings is 3. The summed E-state index contributed by atoms with van der Waals surface area (Å²) in [4.78, 5) is 25.0. The molecule has 3 aromatic carbocycles. The van der Waals surface area contributed by atoms with E-state index in [1.54, 1.807) is 24.3 Å². The Bertz CT molecular complexity index is 1450. The van der Waals surface area contributed by atoms with Crippen LogP contribution in [0.1, 0.15) is 41.0 Å². The maximum atomic E-state index is 13.5. The van der Waals surface area contributed by atoms with Gasteiger partial charge >= 0.3 is 0 Å². The summed E-state index contributed by atoms with van der Waals surface area (Å²) in [6.07, 6.45) is 1.81. The standard InChI is InChI=1S/C31H31FN2O4/c1-19(2)15-34-31(36)23-6-9-28(37-18-20-11-12-33-16-20)25(14-23)22-5-10-29-26(13-22)27(17-35)30(38-29)21-3-7-24(32)8-4-21/h3-10,13-14,17,19-20,33H,11-12,15-16,18H2,1-2H3,(H,34,36). The Balaban J connectivity index is 1.55. The van der Waals surface area contributed by atoms with E-state index in [9.17, 15) is 14.0 Å². The van der Waals surface area contributed by atoms with Gasteiger partial charge in [-0.05, 0) is 79.0 Å². The molecule has 1 fully saturated rings. The number of carbonyl (C=O) groups is 2. The highest BCUT2D eigenvalue weighted by Crippen LogP contribution is 2.38. The predicted molar refractivity (Wildman–Crippen MR) is 146 cm³/mol. The Morgan fingerprint density at radius 2 is 1.92 bits per heavy atom. The van der Waals surface area contributed by atoms with Crippen LogP contribution in [0.2, 0.25) is 0 Å². The number of amides is 1. The monoisotopic (exact) mass is 514 g/mol. The third-order valence-electron chi connectivity index (χ3n) is 6.81. The van der Waals surface area contributed by atoms with E-state index in [2.05, 4.69) is 10.6 Å². The van der Waals surface area contributed by atoms with E-state index in [1.807, 2.05) is 38.1 Å². The van der Waals surface area contributed by atoms with Crippen LogP contribution in [0.4, 0.5) is 4.39 Å². The van der Waals surface area contributed by atoms with Gasteiger partial charge in [-0.2, -0.15) is 0 Å². The summed E-state index contributed by atoms with van der Waals surface area (Å²) in [5.41, 5.74) is 3.63. The van der Waals surface area contributed by atoms with Crippen molar-refractivity contribution in [1.82, 2.24) is 10.6 Å². The number of hydrogen-bond donors (Lipinski definition) is 2. The number of furan rings is 1. The van der Waals surface area contributed by atoms with Crippen molar-refractivity contribution in [2.24, 2.45) is 11.8 Å². The molecule has 0 bridgehead atoms. The maximum absolute atomic E-state index is 13.5. The zero-order valence-electron chi connectivity index (χ0n) is 21.6. The van der Waals surface area contributed by atoms with E-state index < -0.39 is 0 Å². The number of hydrogen-bond acceptors (Lipinski definition) is 5. The van der Waals surface area contributed by atoms with Gasteiger partial charge in [0.2, 0.25) is 0 Å². The van der Waals surface area contributed by atoms with E-state index in [0.29, 0.717) is 64.2 Å². The Kier molecular flexibility index (Phi) is 7.56. The van der Waals surface area contributed by atoms with Gasteiger partial charge in [-0.25, -0.2) is 4.39 Å². The van der Waals surface area contributed by atoms with E-state index in [4.69, 9.17) is 9.15 Å². The van der Waals surface area contributed by atoms with Gasteiger partial charge < -0.3 is 19.8 Å². The van der Waals surface area contributed by atoms with Gasteiger partial charge in [-0.15, -0.1) is 0 Å². The number of aldehydes is 1. The zero-order valence-corrected chi connectivity index (χ0v) is 21.6. The quantitative estimate of drug-likeness (QED) is 0.264. The van der Waals surface area contributed by atoms with Crippen LogP contribution in [-0.2, 0) is 0 Å². The highest BCUT2D eigenvalue weighted by Gasteiger charge is 2.20. The van der Waals surface area contributed by atoms with Crippen LogP contribution >= 0.6 is 0 Å². The molecule has 4 aromatic rings. The van der Waals surface area contributed by atoms with Crippen LogP contribution in [-0.4, -0.2) is 38.4 Å². The lowest BCUT2D eigenvalue weighted by Gasteiger charge is -2.16. The van der Waals surface area contributed by atoms with Crippen molar-refractivity contribution in [3.63, 3.8) is 0 Å². The molecule has 0 aliphatic carbocycles. The van der Waals surface area contributed by atoms with Gasteiger partial charge in [0.15, 0.2) is 6.29 Å². The van der Waals surface area contributed by atoms with Crippen molar-refractivity contribution >= 4 is 23.2 Å². The smallest absolute Gasteiger partial charge is 0.251 e. The molecule has 6 nitrogen and oxygen atoms in total. The molecule has 1 aromatic heterocycles. The second-order valence-corrected chi connectivity index (χ2v) is 10.2. The molecule has 38 heavy (non-hydrogen) atoms. The molecular weight excluding hydrogens is 483 g/mol. The third kappa shape index (κ3) is 5.48. The summed E-state index contributed by atoms with van der Waals surface area (Å²) >= 11 is 0. The minimum atomic E-state index is -0.363. The van der Waals surface area contributed by atoms with Crippen molar-refractivity contribution in [3.8, 4) is 28.2 Å². The molecule has 1 amide bonds. The number of nitrogens with one attached hydrogen (secondary N) is 2. The summed E-state index contributed by atoms with van der Waals surface area (Å²) in [6, 6.07) is 16.9. The number of carbonyl (C=O) groups excluding carboxylic acids is 2. The molecule has 2 heterocycles. The maximum Gasteiger partial charge on any atom is 0.251 e. The van der Waals surface area contributed by atoms with Crippen LogP contribution in [0.15, 0.2) is 65.1 Å². The number of rotatable bonds is 9. The lowest BCUT2D eigenvalue weighted by atomic mass is 9.98. The topological polar surface area (TPSA) is 80.6 Å².